The summed E-state index contributed by atoms with van der Waals surface area (Å²) in [6, 6.07) is 4.91. The lowest BCUT2D eigenvalue weighted by Crippen LogP contribution is -2.36. The summed E-state index contributed by atoms with van der Waals surface area (Å²) >= 11 is 11.9. The van der Waals surface area contributed by atoms with Gasteiger partial charge in [0.2, 0.25) is 0 Å². The van der Waals surface area contributed by atoms with Crippen molar-refractivity contribution in [2.24, 2.45) is 0 Å². The topological polar surface area (TPSA) is 83.2 Å². The summed E-state index contributed by atoms with van der Waals surface area (Å²) in [5.74, 6) is 0. The van der Waals surface area contributed by atoms with E-state index in [1.807, 2.05) is 0 Å². The van der Waals surface area contributed by atoms with E-state index in [0.717, 1.165) is 5.56 Å². The normalized spacial score (nSPS) is 25.4. The van der Waals surface area contributed by atoms with Gasteiger partial charge in [-0.25, -0.2) is 0 Å². The lowest BCUT2D eigenvalue weighted by atomic mass is 10.1. The smallest absolute Gasteiger partial charge is 0.113 e. The number of benzene rings is 1. The first-order chi connectivity index (χ1) is 10.0. The highest BCUT2D eigenvalue weighted by Gasteiger charge is 2.33. The molecule has 21 heavy (non-hydrogen) atoms. The molecule has 6 nitrogen and oxygen atoms in total. The van der Waals surface area contributed by atoms with Crippen molar-refractivity contribution in [3.63, 3.8) is 0 Å². The quantitative estimate of drug-likeness (QED) is 0.781. The van der Waals surface area contributed by atoms with Crippen molar-refractivity contribution >= 4 is 23.2 Å². The molecule has 2 aromatic rings. The van der Waals surface area contributed by atoms with Gasteiger partial charge in [0.25, 0.3) is 0 Å². The third-order valence-electron chi connectivity index (χ3n) is 3.48. The summed E-state index contributed by atoms with van der Waals surface area (Å²) in [5.41, 5.74) is 1.42. The Bertz CT molecular complexity index is 629. The monoisotopic (exact) mass is 328 g/mol. The predicted molar refractivity (Wildman–Crippen MR) is 79.3 cm³/mol. The molecule has 3 rings (SSSR count). The fraction of sp³-hybridized carbons (Fsp3) is 0.385. The van der Waals surface area contributed by atoms with Gasteiger partial charge in [-0.1, -0.05) is 28.4 Å². The highest BCUT2D eigenvalue weighted by atomic mass is 35.5. The Labute approximate surface area is 131 Å². The SMILES string of the molecule is O[C@@H]1[C@H](O)CN[C@@H]1Cn1cc(-c2cc(Cl)cc(Cl)c2)nn1. The van der Waals surface area contributed by atoms with E-state index in [1.165, 1.54) is 0 Å². The summed E-state index contributed by atoms with van der Waals surface area (Å²) in [6.07, 6.45) is 0.198. The van der Waals surface area contributed by atoms with Crippen molar-refractivity contribution in [2.75, 3.05) is 6.54 Å². The number of aliphatic hydroxyl groups excluding tert-OH is 2. The zero-order chi connectivity index (χ0) is 15.0. The molecule has 1 fully saturated rings. The van der Waals surface area contributed by atoms with E-state index in [9.17, 15) is 10.2 Å². The number of aliphatic hydroxyl groups is 2. The van der Waals surface area contributed by atoms with Crippen LogP contribution in [0.5, 0.6) is 0 Å². The maximum absolute atomic E-state index is 9.81. The Hall–Kier alpha value is -1.18. The van der Waals surface area contributed by atoms with Crippen LogP contribution in [0.4, 0.5) is 0 Å². The van der Waals surface area contributed by atoms with E-state index in [0.29, 0.717) is 28.8 Å². The molecule has 0 amide bonds. The number of halogens is 2. The fourth-order valence-electron chi connectivity index (χ4n) is 2.38. The Morgan fingerprint density at radius 1 is 1.24 bits per heavy atom. The highest BCUT2D eigenvalue weighted by molar-refractivity contribution is 6.35. The molecule has 0 bridgehead atoms. The zero-order valence-corrected chi connectivity index (χ0v) is 12.5. The van der Waals surface area contributed by atoms with Crippen LogP contribution in [-0.2, 0) is 6.54 Å². The Morgan fingerprint density at radius 3 is 2.57 bits per heavy atom. The van der Waals surface area contributed by atoms with Gasteiger partial charge in [-0.05, 0) is 18.2 Å². The molecule has 3 N–H and O–H groups in total. The molecule has 1 aromatic heterocycles. The maximum atomic E-state index is 9.81. The molecule has 1 saturated heterocycles. The van der Waals surface area contributed by atoms with Gasteiger partial charge in [-0.15, -0.1) is 5.10 Å². The van der Waals surface area contributed by atoms with Crippen molar-refractivity contribution in [3.8, 4) is 11.3 Å². The molecular weight excluding hydrogens is 315 g/mol. The molecule has 1 aromatic carbocycles. The molecule has 112 valence electrons. The first-order valence-electron chi connectivity index (χ1n) is 6.49. The van der Waals surface area contributed by atoms with Crippen LogP contribution >= 0.6 is 23.2 Å². The summed E-state index contributed by atoms with van der Waals surface area (Å²) in [6.45, 7) is 0.789. The second-order valence-electron chi connectivity index (χ2n) is 5.06. The Balaban J connectivity index is 1.77. The average Bonchev–Trinajstić information content (AvgIpc) is 3.00. The van der Waals surface area contributed by atoms with Gasteiger partial charge in [0.05, 0.1) is 31.0 Å². The molecule has 0 aliphatic carbocycles. The number of hydrogen-bond acceptors (Lipinski definition) is 5. The van der Waals surface area contributed by atoms with Crippen LogP contribution in [0.2, 0.25) is 10.0 Å². The Morgan fingerprint density at radius 2 is 1.95 bits per heavy atom. The number of nitrogens with one attached hydrogen (secondary N) is 1. The van der Waals surface area contributed by atoms with Crippen LogP contribution in [0.3, 0.4) is 0 Å². The van der Waals surface area contributed by atoms with Crippen LogP contribution in [0.1, 0.15) is 0 Å². The zero-order valence-electron chi connectivity index (χ0n) is 10.9. The number of rotatable bonds is 3. The van der Waals surface area contributed by atoms with E-state index < -0.39 is 12.2 Å². The van der Waals surface area contributed by atoms with Crippen LogP contribution < -0.4 is 5.32 Å². The van der Waals surface area contributed by atoms with Crippen molar-refractivity contribution in [1.82, 2.24) is 20.3 Å². The fourth-order valence-corrected chi connectivity index (χ4v) is 2.90. The summed E-state index contributed by atoms with van der Waals surface area (Å²) in [4.78, 5) is 0. The number of nitrogens with zero attached hydrogens (tertiary/aromatic N) is 3. The van der Waals surface area contributed by atoms with Gasteiger partial charge in [-0.2, -0.15) is 0 Å². The lowest BCUT2D eigenvalue weighted by molar-refractivity contribution is 0.0372. The van der Waals surface area contributed by atoms with Crippen molar-refractivity contribution < 1.29 is 10.2 Å². The summed E-state index contributed by atoms with van der Waals surface area (Å²) in [5, 5.41) is 31.5. The maximum Gasteiger partial charge on any atom is 0.113 e. The third-order valence-corrected chi connectivity index (χ3v) is 3.91. The lowest BCUT2D eigenvalue weighted by Gasteiger charge is -2.15. The van der Waals surface area contributed by atoms with Crippen molar-refractivity contribution in [1.29, 1.82) is 0 Å². The van der Waals surface area contributed by atoms with E-state index in [2.05, 4.69) is 15.6 Å². The molecule has 0 radical (unpaired) electrons. The van der Waals surface area contributed by atoms with Crippen molar-refractivity contribution in [3.05, 3.63) is 34.4 Å². The van der Waals surface area contributed by atoms with Crippen LogP contribution in [0.15, 0.2) is 24.4 Å². The van der Waals surface area contributed by atoms with Gasteiger partial charge in [-0.3, -0.25) is 4.68 Å². The second kappa shape index (κ2) is 5.90. The van der Waals surface area contributed by atoms with Gasteiger partial charge in [0, 0.05) is 22.2 Å². The van der Waals surface area contributed by atoms with Gasteiger partial charge in [0.1, 0.15) is 5.69 Å². The third kappa shape index (κ3) is 3.20. The van der Waals surface area contributed by atoms with Crippen LogP contribution in [0, 0.1) is 0 Å². The molecule has 8 heteroatoms. The molecule has 0 saturated carbocycles. The van der Waals surface area contributed by atoms with E-state index >= 15 is 0 Å². The molecule has 3 atom stereocenters. The standard InChI is InChI=1S/C13H14Cl2N4O2/c14-8-1-7(2-9(15)3-8)10-5-19(18-17-10)6-11-13(21)12(20)4-16-11/h1-3,5,11-13,16,20-21H,4,6H2/t11-,12-,13+/m1/s1. The van der Waals surface area contributed by atoms with Crippen LogP contribution in [-0.4, -0.2) is 50.0 Å². The first kappa shape index (κ1) is 14.7. The number of aromatic nitrogens is 3. The van der Waals surface area contributed by atoms with Crippen LogP contribution in [0.25, 0.3) is 11.3 Å². The van der Waals surface area contributed by atoms with E-state index in [-0.39, 0.29) is 6.04 Å². The van der Waals surface area contributed by atoms with Gasteiger partial charge < -0.3 is 15.5 Å². The average molecular weight is 329 g/mol. The molecular formula is C13H14Cl2N4O2. The molecule has 1 aliphatic heterocycles. The predicted octanol–water partition coefficient (Wildman–Crippen LogP) is 0.946. The minimum Gasteiger partial charge on any atom is -0.389 e. The van der Waals surface area contributed by atoms with E-state index in [4.69, 9.17) is 23.2 Å². The largest absolute Gasteiger partial charge is 0.389 e. The second-order valence-corrected chi connectivity index (χ2v) is 5.93. The minimum absolute atomic E-state index is 0.252. The molecule has 2 heterocycles. The number of β-amino-alcohol motifs (C(OH)–C–C–N with tert-alkyl or cyclic N) is 1. The summed E-state index contributed by atoms with van der Waals surface area (Å²) in [7, 11) is 0. The minimum atomic E-state index is -0.807. The molecule has 0 unspecified atom stereocenters. The van der Waals surface area contributed by atoms with E-state index in [1.54, 1.807) is 29.1 Å². The summed E-state index contributed by atoms with van der Waals surface area (Å²) < 4.78 is 1.61. The highest BCUT2D eigenvalue weighted by Crippen LogP contribution is 2.25. The molecule has 0 spiro atoms. The van der Waals surface area contributed by atoms with Crippen molar-refractivity contribution in [2.45, 2.75) is 24.8 Å². The van der Waals surface area contributed by atoms with Gasteiger partial charge >= 0.3 is 0 Å². The number of hydrogen-bond donors (Lipinski definition) is 3. The Kier molecular flexibility index (Phi) is 4.14. The first-order valence-corrected chi connectivity index (χ1v) is 7.24. The molecule has 1 aliphatic rings. The van der Waals surface area contributed by atoms with Gasteiger partial charge in [0.15, 0.2) is 0 Å².